The molecule has 1 saturated heterocycles. The van der Waals surface area contributed by atoms with Crippen LogP contribution in [0.5, 0.6) is 0 Å². The van der Waals surface area contributed by atoms with Crippen LogP contribution < -0.4 is 5.32 Å². The van der Waals surface area contributed by atoms with Gasteiger partial charge in [-0.15, -0.1) is 0 Å². The van der Waals surface area contributed by atoms with Crippen LogP contribution in [0.4, 0.5) is 0 Å². The summed E-state index contributed by atoms with van der Waals surface area (Å²) in [6.07, 6.45) is 4.41. The fraction of sp³-hybridized carbons (Fsp3) is 0.833. The van der Waals surface area contributed by atoms with Crippen molar-refractivity contribution in [1.29, 1.82) is 0 Å². The second-order valence-electron chi connectivity index (χ2n) is 5.42. The molecule has 0 aromatic rings. The van der Waals surface area contributed by atoms with Crippen molar-refractivity contribution >= 4 is 11.8 Å². The molecule has 3 heteroatoms. The summed E-state index contributed by atoms with van der Waals surface area (Å²) in [6.45, 7) is 4.48. The predicted molar refractivity (Wildman–Crippen MR) is 57.0 cm³/mol. The van der Waals surface area contributed by atoms with Crippen LogP contribution in [-0.4, -0.2) is 11.8 Å². The van der Waals surface area contributed by atoms with Crippen molar-refractivity contribution < 1.29 is 9.59 Å². The smallest absolute Gasteiger partial charge is 0.233 e. The van der Waals surface area contributed by atoms with Gasteiger partial charge in [0.05, 0.1) is 5.41 Å². The number of carbonyl (C=O) groups is 2. The van der Waals surface area contributed by atoms with Gasteiger partial charge in [0, 0.05) is 6.42 Å². The maximum atomic E-state index is 11.7. The average Bonchev–Trinajstić information content (AvgIpc) is 2.42. The summed E-state index contributed by atoms with van der Waals surface area (Å²) in [5.74, 6) is 1.33. The van der Waals surface area contributed by atoms with Crippen LogP contribution in [0.15, 0.2) is 0 Å². The molecule has 15 heavy (non-hydrogen) atoms. The van der Waals surface area contributed by atoms with Gasteiger partial charge < -0.3 is 0 Å². The first-order valence-corrected chi connectivity index (χ1v) is 5.88. The van der Waals surface area contributed by atoms with Crippen LogP contribution in [0.25, 0.3) is 0 Å². The van der Waals surface area contributed by atoms with E-state index in [1.165, 1.54) is 0 Å². The third-order valence-electron chi connectivity index (χ3n) is 4.16. The van der Waals surface area contributed by atoms with E-state index in [0.29, 0.717) is 12.3 Å². The van der Waals surface area contributed by atoms with E-state index in [2.05, 4.69) is 19.2 Å². The van der Waals surface area contributed by atoms with Gasteiger partial charge in [-0.2, -0.15) is 0 Å². The lowest BCUT2D eigenvalue weighted by molar-refractivity contribution is -0.130. The fourth-order valence-electron chi connectivity index (χ4n) is 2.95. The highest BCUT2D eigenvalue weighted by Crippen LogP contribution is 2.45. The number of carbonyl (C=O) groups excluding carboxylic acids is 2. The van der Waals surface area contributed by atoms with E-state index in [9.17, 15) is 9.59 Å². The monoisotopic (exact) mass is 209 g/mol. The minimum Gasteiger partial charge on any atom is -0.296 e. The Hall–Kier alpha value is -0.860. The van der Waals surface area contributed by atoms with Crippen LogP contribution in [0, 0.1) is 17.3 Å². The molecule has 2 aliphatic rings. The van der Waals surface area contributed by atoms with Gasteiger partial charge >= 0.3 is 0 Å². The zero-order valence-corrected chi connectivity index (χ0v) is 9.51. The molecule has 0 bridgehead atoms. The van der Waals surface area contributed by atoms with Crippen molar-refractivity contribution in [2.24, 2.45) is 17.3 Å². The summed E-state index contributed by atoms with van der Waals surface area (Å²) < 4.78 is 0. The predicted octanol–water partition coefficient (Wildman–Crippen LogP) is 1.87. The molecule has 1 saturated carbocycles. The molecule has 1 aliphatic carbocycles. The van der Waals surface area contributed by atoms with E-state index >= 15 is 0 Å². The molecule has 2 fully saturated rings. The van der Waals surface area contributed by atoms with Crippen molar-refractivity contribution in [1.82, 2.24) is 5.32 Å². The third-order valence-corrected chi connectivity index (χ3v) is 4.16. The second-order valence-corrected chi connectivity index (χ2v) is 5.42. The number of rotatable bonds is 1. The lowest BCUT2D eigenvalue weighted by atomic mass is 9.67. The first kappa shape index (κ1) is 10.7. The summed E-state index contributed by atoms with van der Waals surface area (Å²) in [7, 11) is 0. The van der Waals surface area contributed by atoms with E-state index in [0.717, 1.165) is 31.6 Å². The molecule has 0 unspecified atom stereocenters. The van der Waals surface area contributed by atoms with Gasteiger partial charge in [-0.3, -0.25) is 14.9 Å². The Kier molecular flexibility index (Phi) is 2.57. The van der Waals surface area contributed by atoms with Gasteiger partial charge in [0.2, 0.25) is 11.8 Å². The zero-order chi connectivity index (χ0) is 11.1. The maximum Gasteiger partial charge on any atom is 0.233 e. The second kappa shape index (κ2) is 3.62. The van der Waals surface area contributed by atoms with Gasteiger partial charge in [0.25, 0.3) is 0 Å². The van der Waals surface area contributed by atoms with E-state index in [1.807, 2.05) is 0 Å². The lowest BCUT2D eigenvalue weighted by Gasteiger charge is -2.35. The highest BCUT2D eigenvalue weighted by Gasteiger charge is 2.48. The molecule has 1 aliphatic heterocycles. The van der Waals surface area contributed by atoms with E-state index < -0.39 is 0 Å². The number of hydrogen-bond donors (Lipinski definition) is 1. The molecule has 0 aromatic heterocycles. The fourth-order valence-corrected chi connectivity index (χ4v) is 2.95. The van der Waals surface area contributed by atoms with Crippen molar-refractivity contribution in [3.8, 4) is 0 Å². The largest absolute Gasteiger partial charge is 0.296 e. The molecule has 1 heterocycles. The summed E-state index contributed by atoms with van der Waals surface area (Å²) >= 11 is 0. The van der Waals surface area contributed by atoms with Crippen LogP contribution in [0.2, 0.25) is 0 Å². The quantitative estimate of drug-likeness (QED) is 0.670. The first-order valence-electron chi connectivity index (χ1n) is 5.88. The Morgan fingerprint density at radius 2 is 1.87 bits per heavy atom. The molecule has 3 nitrogen and oxygen atoms in total. The molecular weight excluding hydrogens is 190 g/mol. The SMILES string of the molecule is CC(C)C1CCC2(CC1)CC(=O)NC2=O. The number of amides is 2. The first-order chi connectivity index (χ1) is 7.03. The maximum absolute atomic E-state index is 11.7. The minimum atomic E-state index is -0.331. The van der Waals surface area contributed by atoms with Gasteiger partial charge in [0.15, 0.2) is 0 Å². The molecule has 1 N–H and O–H groups in total. The van der Waals surface area contributed by atoms with Gasteiger partial charge in [-0.1, -0.05) is 13.8 Å². The standard InChI is InChI=1S/C12H19NO2/c1-8(2)9-3-5-12(6-4-9)7-10(14)13-11(12)15/h8-9H,3-7H2,1-2H3,(H,13,14,15). The summed E-state index contributed by atoms with van der Waals surface area (Å²) in [6, 6.07) is 0. The Morgan fingerprint density at radius 3 is 2.27 bits per heavy atom. The van der Waals surface area contributed by atoms with Gasteiger partial charge in [-0.05, 0) is 37.5 Å². The average molecular weight is 209 g/mol. The lowest BCUT2D eigenvalue weighted by Crippen LogP contribution is -2.36. The van der Waals surface area contributed by atoms with E-state index in [-0.39, 0.29) is 17.2 Å². The Morgan fingerprint density at radius 1 is 1.27 bits per heavy atom. The molecule has 0 radical (unpaired) electrons. The number of imide groups is 1. The van der Waals surface area contributed by atoms with Crippen molar-refractivity contribution in [3.63, 3.8) is 0 Å². The summed E-state index contributed by atoms with van der Waals surface area (Å²) in [4.78, 5) is 22.9. The van der Waals surface area contributed by atoms with Crippen molar-refractivity contribution in [2.75, 3.05) is 0 Å². The highest BCUT2D eigenvalue weighted by atomic mass is 16.2. The Bertz CT molecular complexity index is 288. The normalized spacial score (nSPS) is 36.3. The van der Waals surface area contributed by atoms with E-state index in [1.54, 1.807) is 0 Å². The van der Waals surface area contributed by atoms with Crippen LogP contribution >= 0.6 is 0 Å². The molecule has 84 valence electrons. The summed E-state index contributed by atoms with van der Waals surface area (Å²) in [5.41, 5.74) is -0.331. The number of nitrogens with one attached hydrogen (secondary N) is 1. The molecule has 2 rings (SSSR count). The third kappa shape index (κ3) is 1.80. The Labute approximate surface area is 90.6 Å². The topological polar surface area (TPSA) is 46.2 Å². The molecule has 0 atom stereocenters. The molecule has 1 spiro atoms. The number of hydrogen-bond acceptors (Lipinski definition) is 2. The highest BCUT2D eigenvalue weighted by molar-refractivity contribution is 6.05. The van der Waals surface area contributed by atoms with Gasteiger partial charge in [0.1, 0.15) is 0 Å². The van der Waals surface area contributed by atoms with Crippen LogP contribution in [0.3, 0.4) is 0 Å². The molecule has 0 aromatic carbocycles. The van der Waals surface area contributed by atoms with Crippen molar-refractivity contribution in [3.05, 3.63) is 0 Å². The molecule has 2 amide bonds. The van der Waals surface area contributed by atoms with E-state index in [4.69, 9.17) is 0 Å². The molecular formula is C12H19NO2. The summed E-state index contributed by atoms with van der Waals surface area (Å²) in [5, 5.41) is 2.44. The zero-order valence-electron chi connectivity index (χ0n) is 9.51. The van der Waals surface area contributed by atoms with Crippen molar-refractivity contribution in [2.45, 2.75) is 46.0 Å². The van der Waals surface area contributed by atoms with Crippen LogP contribution in [0.1, 0.15) is 46.0 Å². The Balaban J connectivity index is 2.03. The van der Waals surface area contributed by atoms with Gasteiger partial charge in [-0.25, -0.2) is 0 Å². The van der Waals surface area contributed by atoms with Crippen LogP contribution in [-0.2, 0) is 9.59 Å². The minimum absolute atomic E-state index is 0.0188.